The van der Waals surface area contributed by atoms with E-state index in [0.29, 0.717) is 23.8 Å². The molecule has 7 rings (SSSR count). The van der Waals surface area contributed by atoms with Crippen molar-refractivity contribution in [1.29, 1.82) is 0 Å². The lowest BCUT2D eigenvalue weighted by Crippen LogP contribution is -2.42. The number of fused-ring (bicyclic) bond motifs is 3. The summed E-state index contributed by atoms with van der Waals surface area (Å²) in [5.74, 6) is -2.64. The van der Waals surface area contributed by atoms with Gasteiger partial charge in [-0.3, -0.25) is 0 Å². The predicted octanol–water partition coefficient (Wildman–Crippen LogP) is 5.38. The van der Waals surface area contributed by atoms with Crippen LogP contribution < -0.4 is 9.64 Å². The van der Waals surface area contributed by atoms with Crippen molar-refractivity contribution in [2.75, 3.05) is 17.2 Å². The van der Waals surface area contributed by atoms with Crippen LogP contribution in [0.5, 0.6) is 5.88 Å². The maximum atomic E-state index is 16.6. The van der Waals surface area contributed by atoms with Gasteiger partial charge in [0, 0.05) is 24.4 Å². The second-order valence-corrected chi connectivity index (χ2v) is 14.3. The zero-order valence-electron chi connectivity index (χ0n) is 22.3. The average molecular weight is 637 g/mol. The number of carboxylic acids is 1. The Bertz CT molecular complexity index is 1900. The van der Waals surface area contributed by atoms with Crippen LogP contribution in [0.25, 0.3) is 22.1 Å². The molecule has 226 valence electrons. The second kappa shape index (κ2) is 9.68. The molecule has 43 heavy (non-hydrogen) atoms. The highest BCUT2D eigenvalue weighted by atomic mass is 35.5. The summed E-state index contributed by atoms with van der Waals surface area (Å²) < 4.78 is 80.5. The fourth-order valence-corrected chi connectivity index (χ4v) is 8.67. The highest BCUT2D eigenvalue weighted by Crippen LogP contribution is 2.58. The molecule has 0 radical (unpaired) electrons. The Hall–Kier alpha value is -3.65. The van der Waals surface area contributed by atoms with Gasteiger partial charge in [0.25, 0.3) is 6.43 Å². The van der Waals surface area contributed by atoms with Crippen LogP contribution in [-0.2, 0) is 20.3 Å². The van der Waals surface area contributed by atoms with Gasteiger partial charge in [-0.1, -0.05) is 23.7 Å². The molecular formula is C28H24ClF3N4O6S. The number of nitrogens with zero attached hydrogens (tertiary/aromatic N) is 4. The van der Waals surface area contributed by atoms with Crippen LogP contribution >= 0.6 is 11.6 Å². The van der Waals surface area contributed by atoms with Gasteiger partial charge in [-0.2, -0.15) is 0 Å². The molecule has 15 heteroatoms. The molecule has 3 atom stereocenters. The van der Waals surface area contributed by atoms with Gasteiger partial charge in [0.05, 0.1) is 27.6 Å². The molecule has 0 amide bonds. The van der Waals surface area contributed by atoms with Crippen LogP contribution in [0, 0.1) is 0 Å². The molecule has 2 saturated heterocycles. The summed E-state index contributed by atoms with van der Waals surface area (Å²) in [5.41, 5.74) is -1.56. The minimum atomic E-state index is -3.45. The predicted molar refractivity (Wildman–Crippen MR) is 149 cm³/mol. The van der Waals surface area contributed by atoms with Crippen LogP contribution in [0.15, 0.2) is 40.9 Å². The number of furan rings is 1. The van der Waals surface area contributed by atoms with E-state index in [1.165, 1.54) is 17.2 Å². The largest absolute Gasteiger partial charge is 0.480 e. The summed E-state index contributed by atoms with van der Waals surface area (Å²) in [4.78, 5) is 25.9. The van der Waals surface area contributed by atoms with E-state index in [9.17, 15) is 27.1 Å². The SMILES string of the molecule is O=C(O)[C@@H]1C[C@H](Oc2ncc(Cl)cc2[C@]2(F)CCS(=O)(=O)C3(CC3)C2)CN1c1nc(C(F)F)nc2c1oc1ccccc12. The highest BCUT2D eigenvalue weighted by molar-refractivity contribution is 7.93. The number of carbonyl (C=O) groups is 1. The first-order valence-corrected chi connectivity index (χ1v) is 15.6. The Morgan fingerprint density at radius 3 is 2.70 bits per heavy atom. The number of benzene rings is 1. The molecule has 5 heterocycles. The molecule has 0 unspecified atom stereocenters. The topological polar surface area (TPSA) is 136 Å². The van der Waals surface area contributed by atoms with Gasteiger partial charge in [-0.05, 0) is 37.5 Å². The molecule has 3 aromatic heterocycles. The van der Waals surface area contributed by atoms with E-state index >= 15 is 4.39 Å². The number of hydrogen-bond donors (Lipinski definition) is 1. The van der Waals surface area contributed by atoms with E-state index in [-0.39, 0.29) is 64.9 Å². The first kappa shape index (κ1) is 28.1. The summed E-state index contributed by atoms with van der Waals surface area (Å²) >= 11 is 6.18. The molecule has 0 bridgehead atoms. The van der Waals surface area contributed by atoms with Crippen molar-refractivity contribution in [3.63, 3.8) is 0 Å². The average Bonchev–Trinajstić information content (AvgIpc) is 3.46. The number of alkyl halides is 3. The number of sulfone groups is 1. The van der Waals surface area contributed by atoms with Crippen molar-refractivity contribution < 1.29 is 40.6 Å². The number of aromatic nitrogens is 3. The maximum Gasteiger partial charge on any atom is 0.326 e. The first-order valence-electron chi connectivity index (χ1n) is 13.6. The van der Waals surface area contributed by atoms with Gasteiger partial charge in [0.2, 0.25) is 5.88 Å². The number of hydrogen-bond acceptors (Lipinski definition) is 9. The summed E-state index contributed by atoms with van der Waals surface area (Å²) in [6, 6.07) is 6.79. The van der Waals surface area contributed by atoms with Gasteiger partial charge in [0.1, 0.15) is 28.9 Å². The summed E-state index contributed by atoms with van der Waals surface area (Å²) in [5, 5.41) is 10.7. The van der Waals surface area contributed by atoms with E-state index in [1.54, 1.807) is 24.3 Å². The van der Waals surface area contributed by atoms with E-state index < -0.39 is 50.6 Å². The number of pyridine rings is 1. The molecular weight excluding hydrogens is 613 g/mol. The zero-order valence-corrected chi connectivity index (χ0v) is 23.9. The fraction of sp³-hybridized carbons (Fsp3) is 0.429. The van der Waals surface area contributed by atoms with E-state index in [4.69, 9.17) is 20.8 Å². The number of aliphatic carboxylic acids is 1. The molecule has 1 aromatic carbocycles. The van der Waals surface area contributed by atoms with Gasteiger partial charge in [-0.15, -0.1) is 0 Å². The van der Waals surface area contributed by atoms with E-state index in [2.05, 4.69) is 15.0 Å². The number of carboxylic acid groups (broad SMARTS) is 1. The molecule has 1 N–H and O–H groups in total. The fourth-order valence-electron chi connectivity index (χ4n) is 6.31. The van der Waals surface area contributed by atoms with Crippen LogP contribution in [-0.4, -0.2) is 63.6 Å². The third-order valence-corrected chi connectivity index (χ3v) is 11.5. The van der Waals surface area contributed by atoms with Crippen molar-refractivity contribution in [3.8, 4) is 5.88 Å². The molecule has 10 nitrogen and oxygen atoms in total. The lowest BCUT2D eigenvalue weighted by atomic mass is 9.87. The molecule has 2 aliphatic heterocycles. The maximum absolute atomic E-state index is 16.6. The van der Waals surface area contributed by atoms with Gasteiger partial charge < -0.3 is 19.2 Å². The van der Waals surface area contributed by atoms with Crippen molar-refractivity contribution in [2.45, 2.75) is 61.1 Å². The first-order chi connectivity index (χ1) is 20.4. The van der Waals surface area contributed by atoms with Crippen molar-refractivity contribution in [1.82, 2.24) is 15.0 Å². The molecule has 3 aliphatic rings. The second-order valence-electron chi connectivity index (χ2n) is 11.4. The standard InChI is InChI=1S/C28H24ClF3N4O6S/c29-14-9-17(28(32)7-8-43(39,40)27(13-28)5-6-27)25(33-11-14)41-15-10-18(26(37)38)36(12-15)24-21-20(34-23(35-24)22(30)31)16-3-1-2-4-19(16)42-21/h1-4,9,11,15,18,22H,5-8,10,12-13H2,(H,37,38)/t15-,18-,28-/m0/s1. The van der Waals surface area contributed by atoms with Crippen molar-refractivity contribution >= 4 is 55.3 Å². The van der Waals surface area contributed by atoms with Crippen molar-refractivity contribution in [3.05, 3.63) is 52.9 Å². The molecule has 3 fully saturated rings. The summed E-state index contributed by atoms with van der Waals surface area (Å²) in [6.45, 7) is -0.135. The summed E-state index contributed by atoms with van der Waals surface area (Å²) in [6.07, 6.45) is -2.59. The smallest absolute Gasteiger partial charge is 0.326 e. The van der Waals surface area contributed by atoms with Crippen LogP contribution in [0.3, 0.4) is 0 Å². The van der Waals surface area contributed by atoms with E-state index in [0.717, 1.165) is 0 Å². The van der Waals surface area contributed by atoms with Gasteiger partial charge in [0.15, 0.2) is 27.1 Å². The molecule has 4 aromatic rings. The summed E-state index contributed by atoms with van der Waals surface area (Å²) in [7, 11) is -3.45. The van der Waals surface area contributed by atoms with Gasteiger partial charge >= 0.3 is 5.97 Å². The number of halogens is 4. The number of anilines is 1. The Kier molecular flexibility index (Phi) is 6.33. The number of para-hydroxylation sites is 1. The Labute approximate surface area is 247 Å². The van der Waals surface area contributed by atoms with Gasteiger partial charge in [-0.25, -0.2) is 41.3 Å². The molecule has 1 saturated carbocycles. The Morgan fingerprint density at radius 1 is 1.21 bits per heavy atom. The monoisotopic (exact) mass is 636 g/mol. The van der Waals surface area contributed by atoms with E-state index in [1.807, 2.05) is 0 Å². The highest BCUT2D eigenvalue weighted by Gasteiger charge is 2.62. The third-order valence-electron chi connectivity index (χ3n) is 8.65. The molecule has 1 spiro atoms. The number of ether oxygens (including phenoxy) is 1. The normalized spacial score (nSPS) is 26.0. The van der Waals surface area contributed by atoms with Crippen LogP contribution in [0.1, 0.15) is 49.9 Å². The third kappa shape index (κ3) is 4.57. The van der Waals surface area contributed by atoms with Crippen molar-refractivity contribution in [2.24, 2.45) is 0 Å². The number of rotatable bonds is 6. The minimum absolute atomic E-state index is 0.00630. The lowest BCUT2D eigenvalue weighted by Gasteiger charge is -2.36. The Morgan fingerprint density at radius 2 is 1.98 bits per heavy atom. The van der Waals surface area contributed by atoms with Crippen LogP contribution in [0.4, 0.5) is 19.0 Å². The quantitative estimate of drug-likeness (QED) is 0.294. The zero-order chi connectivity index (χ0) is 30.3. The minimum Gasteiger partial charge on any atom is -0.480 e. The van der Waals surface area contributed by atoms with Crippen LogP contribution in [0.2, 0.25) is 5.02 Å². The molecule has 1 aliphatic carbocycles. The lowest BCUT2D eigenvalue weighted by molar-refractivity contribution is -0.138. The Balaban J connectivity index is 1.25.